The Morgan fingerprint density at radius 1 is 1.15 bits per heavy atom. The van der Waals surface area contributed by atoms with Crippen molar-refractivity contribution in [2.45, 2.75) is 70.9 Å². The van der Waals surface area contributed by atoms with E-state index in [0.717, 1.165) is 12.7 Å². The smallest absolute Gasteiger partial charge is 0.467 e. The molecule has 0 spiro atoms. The molecule has 2 rings (SSSR count). The lowest BCUT2D eigenvalue weighted by Crippen LogP contribution is -2.55. The monoisotopic (exact) mass is 464 g/mol. The number of carbonyl (C=O) groups excluding carboxylic acids is 4. The summed E-state index contributed by atoms with van der Waals surface area (Å²) in [6, 6.07) is 7.08. The number of rotatable bonds is 7. The fourth-order valence-corrected chi connectivity index (χ4v) is 3.30. The summed E-state index contributed by atoms with van der Waals surface area (Å²) in [6.07, 6.45) is -1.67. The zero-order valence-electron chi connectivity index (χ0n) is 19.7. The van der Waals surface area contributed by atoms with Crippen LogP contribution in [-0.4, -0.2) is 66.5 Å². The van der Waals surface area contributed by atoms with Crippen LogP contribution in [0.3, 0.4) is 0 Å². The van der Waals surface area contributed by atoms with Crippen molar-refractivity contribution in [1.82, 2.24) is 10.2 Å². The number of benzene rings is 1. The number of nitrogens with one attached hydrogen (secondary N) is 1. The van der Waals surface area contributed by atoms with Gasteiger partial charge in [0.2, 0.25) is 5.91 Å². The summed E-state index contributed by atoms with van der Waals surface area (Å²) in [6.45, 7) is 6.87. The highest BCUT2D eigenvalue weighted by molar-refractivity contribution is 5.90. The summed E-state index contributed by atoms with van der Waals surface area (Å²) in [7, 11) is 1.16. The van der Waals surface area contributed by atoms with Crippen LogP contribution in [0.5, 0.6) is 0 Å². The molecule has 1 fully saturated rings. The van der Waals surface area contributed by atoms with Gasteiger partial charge in [0.25, 0.3) is 0 Å². The summed E-state index contributed by atoms with van der Waals surface area (Å²) < 4.78 is 20.3. The lowest BCUT2D eigenvalue weighted by Gasteiger charge is -2.28. The van der Waals surface area contributed by atoms with Gasteiger partial charge in [-0.15, -0.1) is 0 Å². The van der Waals surface area contributed by atoms with E-state index in [0.29, 0.717) is 19.4 Å². The summed E-state index contributed by atoms with van der Waals surface area (Å²) >= 11 is 0. The minimum absolute atomic E-state index is 0.0794. The molecule has 0 bridgehead atoms. The first kappa shape index (κ1) is 26.0. The topological polar surface area (TPSA) is 120 Å². The molecular weight excluding hydrogens is 432 g/mol. The summed E-state index contributed by atoms with van der Waals surface area (Å²) in [4.78, 5) is 51.1. The minimum atomic E-state index is -1.28. The maximum absolute atomic E-state index is 12.9. The van der Waals surface area contributed by atoms with Gasteiger partial charge in [-0.05, 0) is 46.1 Å². The summed E-state index contributed by atoms with van der Waals surface area (Å²) in [5, 5.41) is 2.54. The number of nitrogens with zero attached hydrogens (tertiary/aromatic N) is 1. The quantitative estimate of drug-likeness (QED) is 0.483. The van der Waals surface area contributed by atoms with Crippen molar-refractivity contribution in [3.05, 3.63) is 35.9 Å². The second-order valence-electron chi connectivity index (χ2n) is 8.69. The molecule has 0 unspecified atom stereocenters. The maximum atomic E-state index is 12.9. The highest BCUT2D eigenvalue weighted by atomic mass is 16.7. The highest BCUT2D eigenvalue weighted by Crippen LogP contribution is 2.20. The van der Waals surface area contributed by atoms with Crippen LogP contribution in [-0.2, 0) is 35.1 Å². The molecule has 1 saturated heterocycles. The van der Waals surface area contributed by atoms with Crippen LogP contribution < -0.4 is 5.32 Å². The van der Waals surface area contributed by atoms with E-state index in [1.165, 1.54) is 11.8 Å². The third-order valence-corrected chi connectivity index (χ3v) is 4.89. The second kappa shape index (κ2) is 11.5. The first-order chi connectivity index (χ1) is 15.5. The van der Waals surface area contributed by atoms with Gasteiger partial charge in [0.1, 0.15) is 24.4 Å². The zero-order chi connectivity index (χ0) is 24.6. The Morgan fingerprint density at radius 3 is 2.42 bits per heavy atom. The SMILES string of the molecule is COC(=O)[C@@H](NC(=O)[C@@H]1CCCN1C(=O)OCc1ccccc1)[C@@H](C)OC(=O)OC(C)(C)C. The van der Waals surface area contributed by atoms with Crippen molar-refractivity contribution in [2.75, 3.05) is 13.7 Å². The maximum Gasteiger partial charge on any atom is 0.509 e. The number of esters is 1. The Kier molecular flexibility index (Phi) is 9.07. The molecule has 33 heavy (non-hydrogen) atoms. The molecule has 1 aliphatic rings. The molecule has 10 nitrogen and oxygen atoms in total. The summed E-state index contributed by atoms with van der Waals surface area (Å²) in [5.74, 6) is -1.37. The number of likely N-dealkylation sites (tertiary alicyclic amines) is 1. The number of hydrogen-bond acceptors (Lipinski definition) is 8. The van der Waals surface area contributed by atoms with E-state index in [9.17, 15) is 19.2 Å². The standard InChI is InChI=1S/C23H32N2O8/c1-15(32-22(29)33-23(2,3)4)18(20(27)30-5)24-19(26)17-12-9-13-25(17)21(28)31-14-16-10-7-6-8-11-16/h6-8,10-11,15,17-18H,9,12-14H2,1-5H3,(H,24,26)/t15-,17+,18+/m1/s1. The van der Waals surface area contributed by atoms with Gasteiger partial charge in [-0.1, -0.05) is 30.3 Å². The normalized spacial score (nSPS) is 17.5. The van der Waals surface area contributed by atoms with Gasteiger partial charge in [-0.3, -0.25) is 9.69 Å². The van der Waals surface area contributed by atoms with Crippen LogP contribution in [0.25, 0.3) is 0 Å². The van der Waals surface area contributed by atoms with E-state index in [4.69, 9.17) is 18.9 Å². The van der Waals surface area contributed by atoms with Gasteiger partial charge >= 0.3 is 18.2 Å². The fraction of sp³-hybridized carbons (Fsp3) is 0.565. The molecule has 0 aliphatic carbocycles. The third kappa shape index (κ3) is 7.96. The molecule has 1 heterocycles. The number of ether oxygens (including phenoxy) is 4. The Morgan fingerprint density at radius 2 is 1.82 bits per heavy atom. The van der Waals surface area contributed by atoms with Crippen molar-refractivity contribution >= 4 is 24.1 Å². The lowest BCUT2D eigenvalue weighted by molar-refractivity contribution is -0.149. The molecule has 1 aromatic carbocycles. The number of carbonyl (C=O) groups is 4. The minimum Gasteiger partial charge on any atom is -0.467 e. The predicted molar refractivity (Wildman–Crippen MR) is 117 cm³/mol. The lowest BCUT2D eigenvalue weighted by atomic mass is 10.1. The predicted octanol–water partition coefficient (Wildman–Crippen LogP) is 2.79. The molecule has 1 N–H and O–H groups in total. The van der Waals surface area contributed by atoms with E-state index in [2.05, 4.69) is 5.32 Å². The van der Waals surface area contributed by atoms with E-state index in [-0.39, 0.29) is 6.61 Å². The fourth-order valence-electron chi connectivity index (χ4n) is 3.30. The first-order valence-corrected chi connectivity index (χ1v) is 10.8. The number of hydrogen-bond donors (Lipinski definition) is 1. The highest BCUT2D eigenvalue weighted by Gasteiger charge is 2.39. The van der Waals surface area contributed by atoms with E-state index < -0.39 is 47.9 Å². The Bertz CT molecular complexity index is 837. The molecule has 0 saturated carbocycles. The average Bonchev–Trinajstić information content (AvgIpc) is 3.24. The van der Waals surface area contributed by atoms with Crippen molar-refractivity contribution in [3.63, 3.8) is 0 Å². The third-order valence-electron chi connectivity index (χ3n) is 4.89. The van der Waals surface area contributed by atoms with Crippen LogP contribution in [0.1, 0.15) is 46.1 Å². The van der Waals surface area contributed by atoms with Crippen LogP contribution in [0.4, 0.5) is 9.59 Å². The van der Waals surface area contributed by atoms with Crippen molar-refractivity contribution in [3.8, 4) is 0 Å². The van der Waals surface area contributed by atoms with Crippen molar-refractivity contribution in [2.24, 2.45) is 0 Å². The van der Waals surface area contributed by atoms with Crippen molar-refractivity contribution in [1.29, 1.82) is 0 Å². The molecule has 3 atom stereocenters. The van der Waals surface area contributed by atoms with Crippen LogP contribution in [0, 0.1) is 0 Å². The molecule has 2 amide bonds. The Labute approximate surface area is 193 Å². The molecule has 10 heteroatoms. The van der Waals surface area contributed by atoms with Gasteiger partial charge in [-0.2, -0.15) is 0 Å². The first-order valence-electron chi connectivity index (χ1n) is 10.8. The Balaban J connectivity index is 2.00. The Hall–Kier alpha value is -3.30. The van der Waals surface area contributed by atoms with E-state index in [1.807, 2.05) is 30.3 Å². The number of methoxy groups -OCH3 is 1. The van der Waals surface area contributed by atoms with Gasteiger partial charge in [0, 0.05) is 6.54 Å². The summed E-state index contributed by atoms with van der Waals surface area (Å²) in [5.41, 5.74) is 0.0376. The second-order valence-corrected chi connectivity index (χ2v) is 8.69. The molecule has 1 aromatic rings. The zero-order valence-corrected chi connectivity index (χ0v) is 19.7. The van der Waals surface area contributed by atoms with Crippen LogP contribution in [0.2, 0.25) is 0 Å². The molecule has 0 radical (unpaired) electrons. The molecule has 1 aliphatic heterocycles. The van der Waals surface area contributed by atoms with Gasteiger partial charge in [-0.25, -0.2) is 14.4 Å². The average molecular weight is 465 g/mol. The molecule has 182 valence electrons. The van der Waals surface area contributed by atoms with E-state index >= 15 is 0 Å². The van der Waals surface area contributed by atoms with Crippen LogP contribution in [0.15, 0.2) is 30.3 Å². The van der Waals surface area contributed by atoms with Gasteiger partial charge < -0.3 is 24.3 Å². The molecule has 0 aromatic heterocycles. The largest absolute Gasteiger partial charge is 0.509 e. The van der Waals surface area contributed by atoms with Gasteiger partial charge in [0.15, 0.2) is 6.04 Å². The van der Waals surface area contributed by atoms with E-state index in [1.54, 1.807) is 20.8 Å². The van der Waals surface area contributed by atoms with Crippen molar-refractivity contribution < 1.29 is 38.1 Å². The van der Waals surface area contributed by atoms with Gasteiger partial charge in [0.05, 0.1) is 7.11 Å². The number of amides is 2. The molecular formula is C23H32N2O8. The van der Waals surface area contributed by atoms with Crippen LogP contribution >= 0.6 is 0 Å².